The fourth-order valence-corrected chi connectivity index (χ4v) is 7.53. The number of benzene rings is 3. The molecule has 24 nitrogen and oxygen atoms in total. The van der Waals surface area contributed by atoms with E-state index in [2.05, 4.69) is 0 Å². The first-order valence-electron chi connectivity index (χ1n) is 20.4. The van der Waals surface area contributed by atoms with Crippen molar-refractivity contribution in [2.24, 2.45) is 0 Å². The Kier molecular flexibility index (Phi) is 15.2. The predicted molar refractivity (Wildman–Crippen MR) is 220 cm³/mol. The van der Waals surface area contributed by atoms with Gasteiger partial charge in [0.25, 0.3) is 0 Å². The molecule has 1 aromatic heterocycles. The average Bonchev–Trinajstić information content (AvgIpc) is 3.31. The van der Waals surface area contributed by atoms with E-state index in [0.29, 0.717) is 5.56 Å². The molecule has 3 fully saturated rings. The molecule has 24 heteroatoms. The van der Waals surface area contributed by atoms with Crippen LogP contribution >= 0.6 is 0 Å². The molecule has 0 aliphatic carbocycles. The van der Waals surface area contributed by atoms with Gasteiger partial charge in [-0.3, -0.25) is 4.79 Å². The monoisotopic (exact) mass is 948 g/mol. The van der Waals surface area contributed by atoms with Crippen LogP contribution in [0.4, 0.5) is 0 Å². The molecule has 13 N–H and O–H groups in total. The number of aliphatic hydroxyl groups is 10. The molecule has 0 saturated carbocycles. The predicted octanol–water partition coefficient (Wildman–Crippen LogP) is -2.97. The van der Waals surface area contributed by atoms with Gasteiger partial charge < -0.3 is 109 Å². The van der Waals surface area contributed by atoms with Gasteiger partial charge in [-0.05, 0) is 48.0 Å². The second-order valence-corrected chi connectivity index (χ2v) is 15.6. The average molecular weight is 949 g/mol. The van der Waals surface area contributed by atoms with E-state index in [1.165, 1.54) is 55.7 Å². The van der Waals surface area contributed by atoms with Crippen molar-refractivity contribution in [3.8, 4) is 45.8 Å². The lowest BCUT2D eigenvalue weighted by atomic mass is 9.97. The number of hydrogen-bond donors (Lipinski definition) is 13. The van der Waals surface area contributed by atoms with Crippen LogP contribution in [0.25, 0.3) is 28.4 Å². The van der Waals surface area contributed by atoms with Gasteiger partial charge in [-0.1, -0.05) is 6.07 Å². The summed E-state index contributed by atoms with van der Waals surface area (Å²) in [4.78, 5) is 27.5. The molecule has 3 aliphatic heterocycles. The van der Waals surface area contributed by atoms with Crippen LogP contribution in [0.1, 0.15) is 5.56 Å². The standard InChI is InChI=1S/C43H48O24/c1-59-22-10-16(2-8-20(22)48)3-9-27(50)65-39-34(56)30(52)25(14-45)63-42(39)60-19-11-21(49)28-23(12-19)61-37(17-4-6-18(47)7-5-17)38(32(28)54)66-43-40(35(57)31(53)26(15-46)64-43)67-41-36(58)33(55)29(51)24(13-44)62-41/h2-12,24-26,29-31,33-36,39-49,51-53,55-58H,13-15H2,1H3/b9-3+/t24?,25?,26?,29-,30-,31-,33?,34+,35?,36-,39?,40?,41+,42-,43+/m1/s1. The van der Waals surface area contributed by atoms with Crippen LogP contribution in [0.3, 0.4) is 0 Å². The van der Waals surface area contributed by atoms with Gasteiger partial charge in [-0.2, -0.15) is 0 Å². The van der Waals surface area contributed by atoms with Crippen LogP contribution in [0.5, 0.6) is 34.5 Å². The number of carbonyl (C=O) groups is 1. The molecule has 364 valence electrons. The van der Waals surface area contributed by atoms with Crippen LogP contribution in [-0.2, 0) is 28.5 Å². The molecule has 7 rings (SSSR count). The summed E-state index contributed by atoms with van der Waals surface area (Å²) in [5, 5.41) is 135. The third-order valence-corrected chi connectivity index (χ3v) is 11.2. The van der Waals surface area contributed by atoms with Gasteiger partial charge in [0.15, 0.2) is 35.8 Å². The molecule has 3 saturated heterocycles. The second-order valence-electron chi connectivity index (χ2n) is 15.6. The Morgan fingerprint density at radius 2 is 1.24 bits per heavy atom. The van der Waals surface area contributed by atoms with Crippen molar-refractivity contribution in [2.75, 3.05) is 26.9 Å². The molecule has 4 heterocycles. The van der Waals surface area contributed by atoms with E-state index in [1.807, 2.05) is 0 Å². The van der Waals surface area contributed by atoms with E-state index in [9.17, 15) is 76.0 Å². The molecule has 0 amide bonds. The topological polar surface area (TPSA) is 384 Å². The summed E-state index contributed by atoms with van der Waals surface area (Å²) in [7, 11) is 1.32. The number of aromatic hydroxyl groups is 3. The molecular formula is C43H48O24. The van der Waals surface area contributed by atoms with E-state index < -0.39 is 152 Å². The Bertz CT molecular complexity index is 2440. The molecular weight excluding hydrogens is 900 g/mol. The van der Waals surface area contributed by atoms with E-state index in [0.717, 1.165) is 18.2 Å². The van der Waals surface area contributed by atoms with Gasteiger partial charge in [0, 0.05) is 23.8 Å². The van der Waals surface area contributed by atoms with E-state index in [1.54, 1.807) is 0 Å². The van der Waals surface area contributed by atoms with Crippen molar-refractivity contribution in [3.05, 3.63) is 76.5 Å². The van der Waals surface area contributed by atoms with E-state index in [-0.39, 0.29) is 28.6 Å². The molecule has 0 radical (unpaired) electrons. The highest BCUT2D eigenvalue weighted by atomic mass is 16.8. The number of esters is 1. The highest BCUT2D eigenvalue weighted by Gasteiger charge is 2.52. The van der Waals surface area contributed by atoms with Crippen molar-refractivity contribution in [3.63, 3.8) is 0 Å². The van der Waals surface area contributed by atoms with Crippen LogP contribution in [0.2, 0.25) is 0 Å². The van der Waals surface area contributed by atoms with Gasteiger partial charge in [-0.15, -0.1) is 0 Å². The minimum absolute atomic E-state index is 0.0309. The lowest BCUT2D eigenvalue weighted by molar-refractivity contribution is -0.358. The number of aliphatic hydroxyl groups excluding tert-OH is 10. The molecule has 7 unspecified atom stereocenters. The van der Waals surface area contributed by atoms with Crippen LogP contribution in [0.15, 0.2) is 69.9 Å². The largest absolute Gasteiger partial charge is 0.508 e. The van der Waals surface area contributed by atoms with E-state index in [4.69, 9.17) is 42.3 Å². The van der Waals surface area contributed by atoms with Crippen molar-refractivity contribution >= 4 is 23.0 Å². The zero-order valence-corrected chi connectivity index (χ0v) is 34.9. The van der Waals surface area contributed by atoms with Crippen LogP contribution in [-0.4, -0.2) is 191 Å². The van der Waals surface area contributed by atoms with E-state index >= 15 is 0 Å². The molecule has 0 spiro atoms. The lowest BCUT2D eigenvalue weighted by Gasteiger charge is -2.45. The van der Waals surface area contributed by atoms with Gasteiger partial charge in [-0.25, -0.2) is 4.79 Å². The maximum Gasteiger partial charge on any atom is 0.331 e. The Labute approximate surface area is 377 Å². The number of ether oxygens (including phenoxy) is 8. The smallest absolute Gasteiger partial charge is 0.331 e. The minimum Gasteiger partial charge on any atom is -0.508 e. The van der Waals surface area contributed by atoms with Crippen LogP contribution < -0.4 is 19.6 Å². The molecule has 3 aromatic carbocycles. The zero-order chi connectivity index (χ0) is 48.4. The van der Waals surface area contributed by atoms with Gasteiger partial charge in [0.1, 0.15) is 89.3 Å². The number of hydrogen-bond acceptors (Lipinski definition) is 24. The Hall–Kier alpha value is -5.68. The highest BCUT2D eigenvalue weighted by Crippen LogP contribution is 2.40. The minimum atomic E-state index is -2.05. The van der Waals surface area contributed by atoms with Crippen molar-refractivity contribution < 1.29 is 113 Å². The first-order chi connectivity index (χ1) is 32.0. The maximum absolute atomic E-state index is 14.5. The van der Waals surface area contributed by atoms with Crippen molar-refractivity contribution in [2.45, 2.75) is 92.1 Å². The first kappa shape index (κ1) is 49.2. The van der Waals surface area contributed by atoms with Crippen molar-refractivity contribution in [1.29, 1.82) is 0 Å². The Morgan fingerprint density at radius 3 is 1.85 bits per heavy atom. The summed E-state index contributed by atoms with van der Waals surface area (Å²) in [5.41, 5.74) is -1.13. The van der Waals surface area contributed by atoms with Crippen molar-refractivity contribution in [1.82, 2.24) is 0 Å². The summed E-state index contributed by atoms with van der Waals surface area (Å²) in [6.07, 6.45) is -25.3. The second kappa shape index (κ2) is 20.7. The molecule has 15 atom stereocenters. The van der Waals surface area contributed by atoms with Crippen LogP contribution in [0, 0.1) is 0 Å². The quantitative estimate of drug-likeness (QED) is 0.0443. The number of methoxy groups -OCH3 is 1. The summed E-state index contributed by atoms with van der Waals surface area (Å²) < 4.78 is 51.1. The third-order valence-electron chi connectivity index (χ3n) is 11.2. The number of phenolic OH excluding ortho intramolecular Hbond substituents is 3. The number of phenols is 3. The molecule has 3 aliphatic rings. The number of fused-ring (bicyclic) bond motifs is 1. The third kappa shape index (κ3) is 10.1. The summed E-state index contributed by atoms with van der Waals surface area (Å²) >= 11 is 0. The summed E-state index contributed by atoms with van der Waals surface area (Å²) in [6.45, 7) is -2.62. The number of rotatable bonds is 14. The molecule has 67 heavy (non-hydrogen) atoms. The normalized spacial score (nSPS) is 32.3. The SMILES string of the molecule is COc1cc(/C=C/C(=O)OC2[C@H](Oc3cc(O)c4c(=O)c(O[C@@H]5OC(CO)[C@@H](O)C(O)C5O[C@@H]5OC(CO)[C@@H](O)C(O)[C@H]5O)c(-c5ccc(O)cc5)oc4c3)OC(CO)[C@@H](O)[C@@H]2O)ccc1O. The van der Waals surface area contributed by atoms with Gasteiger partial charge in [0.2, 0.25) is 23.8 Å². The number of carbonyl (C=O) groups excluding carboxylic acids is 1. The van der Waals surface area contributed by atoms with Gasteiger partial charge >= 0.3 is 5.97 Å². The zero-order valence-electron chi connectivity index (χ0n) is 34.9. The summed E-state index contributed by atoms with van der Waals surface area (Å²) in [5.74, 6) is -3.76. The maximum atomic E-state index is 14.5. The first-order valence-corrected chi connectivity index (χ1v) is 20.4. The summed E-state index contributed by atoms with van der Waals surface area (Å²) in [6, 6.07) is 11.1. The molecule has 4 aromatic rings. The fraction of sp³-hybridized carbons (Fsp3) is 0.442. The fourth-order valence-electron chi connectivity index (χ4n) is 7.53. The highest BCUT2D eigenvalue weighted by molar-refractivity contribution is 5.89. The lowest BCUT2D eigenvalue weighted by Crippen LogP contribution is -2.65. The Balaban J connectivity index is 1.24. The Morgan fingerprint density at radius 1 is 0.657 bits per heavy atom. The van der Waals surface area contributed by atoms with Gasteiger partial charge in [0.05, 0.1) is 26.9 Å². The molecule has 0 bridgehead atoms.